The predicted molar refractivity (Wildman–Crippen MR) is 83.7 cm³/mol. The maximum absolute atomic E-state index is 12.7. The Labute approximate surface area is 131 Å². The number of hydrogen-bond donors (Lipinski definition) is 0. The molecule has 22 heavy (non-hydrogen) atoms. The number of benzene rings is 1. The normalized spacial score (nSPS) is 26.5. The van der Waals surface area contributed by atoms with Crippen LogP contribution in [0, 0.1) is 23.7 Å². The van der Waals surface area contributed by atoms with Gasteiger partial charge in [-0.25, -0.2) is 0 Å². The van der Waals surface area contributed by atoms with Gasteiger partial charge in [-0.1, -0.05) is 12.0 Å². The zero-order valence-electron chi connectivity index (χ0n) is 13.0. The van der Waals surface area contributed by atoms with Crippen LogP contribution in [0.25, 0.3) is 0 Å². The Kier molecular flexibility index (Phi) is 4.02. The van der Waals surface area contributed by atoms with Gasteiger partial charge in [-0.15, -0.1) is 5.92 Å². The van der Waals surface area contributed by atoms with Crippen LogP contribution >= 0.6 is 0 Å². The molecular formula is C19H20O3. The molecule has 0 radical (unpaired) electrons. The lowest BCUT2D eigenvalue weighted by Gasteiger charge is -2.27. The second-order valence-electron chi connectivity index (χ2n) is 6.01. The van der Waals surface area contributed by atoms with E-state index in [9.17, 15) is 9.59 Å². The summed E-state index contributed by atoms with van der Waals surface area (Å²) in [7, 11) is 0. The molecule has 2 unspecified atom stereocenters. The number of rotatable bonds is 3. The van der Waals surface area contributed by atoms with Crippen molar-refractivity contribution < 1.29 is 14.3 Å². The number of ketones is 2. The topological polar surface area (TPSA) is 43.4 Å². The minimum absolute atomic E-state index is 0.0530. The van der Waals surface area contributed by atoms with Gasteiger partial charge in [0.15, 0.2) is 11.6 Å². The van der Waals surface area contributed by atoms with Gasteiger partial charge in [0.2, 0.25) is 0 Å². The van der Waals surface area contributed by atoms with Crippen molar-refractivity contribution in [2.45, 2.75) is 39.0 Å². The molecule has 0 aromatic heterocycles. The number of carbonyl (C=O) groups excluding carboxylic acids is 2. The van der Waals surface area contributed by atoms with E-state index in [1.807, 2.05) is 25.1 Å². The highest BCUT2D eigenvalue weighted by Crippen LogP contribution is 2.45. The van der Waals surface area contributed by atoms with E-state index in [1.165, 1.54) is 0 Å². The van der Waals surface area contributed by atoms with Crippen molar-refractivity contribution in [3.63, 3.8) is 0 Å². The van der Waals surface area contributed by atoms with E-state index in [0.29, 0.717) is 12.4 Å². The Morgan fingerprint density at radius 1 is 1.18 bits per heavy atom. The van der Waals surface area contributed by atoms with Gasteiger partial charge < -0.3 is 4.74 Å². The summed E-state index contributed by atoms with van der Waals surface area (Å²) in [5.41, 5.74) is 1.56. The van der Waals surface area contributed by atoms with E-state index in [4.69, 9.17) is 4.74 Å². The van der Waals surface area contributed by atoms with Crippen LogP contribution in [0.15, 0.2) is 18.2 Å². The van der Waals surface area contributed by atoms with Crippen LogP contribution in [0.2, 0.25) is 0 Å². The third-order valence-electron chi connectivity index (χ3n) is 4.70. The summed E-state index contributed by atoms with van der Waals surface area (Å²) >= 11 is 0. The molecule has 3 nitrogen and oxygen atoms in total. The van der Waals surface area contributed by atoms with Crippen molar-refractivity contribution in [1.29, 1.82) is 0 Å². The van der Waals surface area contributed by atoms with E-state index in [1.54, 1.807) is 6.92 Å². The summed E-state index contributed by atoms with van der Waals surface area (Å²) in [6.45, 7) is 4.17. The highest BCUT2D eigenvalue weighted by atomic mass is 16.5. The minimum atomic E-state index is -0.642. The van der Waals surface area contributed by atoms with Crippen LogP contribution in [0.1, 0.15) is 50.2 Å². The standard InChI is InChI=1S/C19H20O3/c1-3-5-12-6-9-15(16(10-12)22-4-2)17-18(20)13-7-8-14(11-13)19(17)21/h6,9-10,13-14,17H,4,7-8,11H2,1-2H3. The quantitative estimate of drug-likeness (QED) is 0.636. The number of fused-ring (bicyclic) bond motifs is 2. The zero-order valence-corrected chi connectivity index (χ0v) is 13.0. The zero-order chi connectivity index (χ0) is 15.7. The molecule has 0 spiro atoms. The molecule has 2 aliphatic rings. The van der Waals surface area contributed by atoms with Crippen molar-refractivity contribution in [3.05, 3.63) is 29.3 Å². The fourth-order valence-electron chi connectivity index (χ4n) is 3.69. The van der Waals surface area contributed by atoms with Crippen LogP contribution in [0.5, 0.6) is 5.75 Å². The lowest BCUT2D eigenvalue weighted by Crippen LogP contribution is -2.35. The minimum Gasteiger partial charge on any atom is -0.494 e. The summed E-state index contributed by atoms with van der Waals surface area (Å²) < 4.78 is 5.69. The van der Waals surface area contributed by atoms with Crippen LogP contribution in [0.3, 0.4) is 0 Å². The highest BCUT2D eigenvalue weighted by Gasteiger charge is 2.48. The third-order valence-corrected chi connectivity index (χ3v) is 4.70. The summed E-state index contributed by atoms with van der Waals surface area (Å²) in [6.07, 6.45) is 2.46. The highest BCUT2D eigenvalue weighted by molar-refractivity contribution is 6.12. The molecule has 1 aromatic carbocycles. The maximum Gasteiger partial charge on any atom is 0.150 e. The molecule has 0 aliphatic heterocycles. The lowest BCUT2D eigenvalue weighted by atomic mass is 9.75. The maximum atomic E-state index is 12.7. The van der Waals surface area contributed by atoms with Crippen molar-refractivity contribution in [2.75, 3.05) is 6.61 Å². The summed E-state index contributed by atoms with van der Waals surface area (Å²) in [4.78, 5) is 25.3. The van der Waals surface area contributed by atoms with Crippen LogP contribution in [-0.2, 0) is 9.59 Å². The number of carbonyl (C=O) groups is 2. The van der Waals surface area contributed by atoms with Gasteiger partial charge in [0.05, 0.1) is 6.61 Å². The third kappa shape index (κ3) is 2.43. The number of ether oxygens (including phenoxy) is 1. The van der Waals surface area contributed by atoms with Crippen molar-refractivity contribution in [3.8, 4) is 17.6 Å². The largest absolute Gasteiger partial charge is 0.494 e. The Balaban J connectivity index is 2.04. The predicted octanol–water partition coefficient (Wildman–Crippen LogP) is 3.11. The van der Waals surface area contributed by atoms with E-state index < -0.39 is 5.92 Å². The Morgan fingerprint density at radius 2 is 1.86 bits per heavy atom. The first-order valence-electron chi connectivity index (χ1n) is 7.92. The summed E-state index contributed by atoms with van der Waals surface area (Å²) in [5, 5.41) is 0. The van der Waals surface area contributed by atoms with Crippen molar-refractivity contribution >= 4 is 11.6 Å². The Hall–Kier alpha value is -2.08. The molecule has 114 valence electrons. The fraction of sp³-hybridized carbons (Fsp3) is 0.474. The first-order valence-corrected chi connectivity index (χ1v) is 7.92. The molecule has 0 N–H and O–H groups in total. The first-order chi connectivity index (χ1) is 10.7. The molecule has 1 aromatic rings. The summed E-state index contributed by atoms with van der Waals surface area (Å²) in [5.74, 6) is 6.08. The van der Waals surface area contributed by atoms with E-state index >= 15 is 0 Å². The number of Topliss-reactive ketones (excluding diaryl/α,β-unsaturated/α-hetero) is 2. The molecule has 2 bridgehead atoms. The molecule has 2 saturated carbocycles. The molecule has 0 amide bonds. The van der Waals surface area contributed by atoms with Crippen LogP contribution < -0.4 is 4.74 Å². The van der Waals surface area contributed by atoms with Gasteiger partial charge >= 0.3 is 0 Å². The average molecular weight is 296 g/mol. The molecule has 2 atom stereocenters. The Bertz CT molecular complexity index is 656. The molecule has 3 heteroatoms. The second kappa shape index (κ2) is 5.96. The summed E-state index contributed by atoms with van der Waals surface area (Å²) in [6, 6.07) is 5.55. The fourth-order valence-corrected chi connectivity index (χ4v) is 3.69. The smallest absolute Gasteiger partial charge is 0.150 e. The van der Waals surface area contributed by atoms with Crippen LogP contribution in [-0.4, -0.2) is 18.2 Å². The SMILES string of the molecule is CC#Cc1ccc(C2C(=O)C3CCC(C3)C2=O)c(OCC)c1. The van der Waals surface area contributed by atoms with Gasteiger partial charge in [0.25, 0.3) is 0 Å². The van der Waals surface area contributed by atoms with Crippen molar-refractivity contribution in [1.82, 2.24) is 0 Å². The lowest BCUT2D eigenvalue weighted by molar-refractivity contribution is -0.136. The molecule has 2 aliphatic carbocycles. The number of hydrogen-bond acceptors (Lipinski definition) is 3. The van der Waals surface area contributed by atoms with Crippen molar-refractivity contribution in [2.24, 2.45) is 11.8 Å². The van der Waals surface area contributed by atoms with E-state index in [2.05, 4.69) is 11.8 Å². The molecular weight excluding hydrogens is 276 g/mol. The average Bonchev–Trinajstić information content (AvgIpc) is 2.95. The van der Waals surface area contributed by atoms with Crippen LogP contribution in [0.4, 0.5) is 0 Å². The second-order valence-corrected chi connectivity index (χ2v) is 6.01. The van der Waals surface area contributed by atoms with E-state index in [-0.39, 0.29) is 23.4 Å². The van der Waals surface area contributed by atoms with Gasteiger partial charge in [-0.3, -0.25) is 9.59 Å². The van der Waals surface area contributed by atoms with Gasteiger partial charge in [-0.05, 0) is 45.2 Å². The molecule has 0 saturated heterocycles. The van der Waals surface area contributed by atoms with E-state index in [0.717, 1.165) is 30.4 Å². The Morgan fingerprint density at radius 3 is 2.45 bits per heavy atom. The first kappa shape index (κ1) is 14.8. The molecule has 3 rings (SSSR count). The van der Waals surface area contributed by atoms with Gasteiger partial charge in [0, 0.05) is 23.0 Å². The van der Waals surface area contributed by atoms with Gasteiger partial charge in [-0.2, -0.15) is 0 Å². The molecule has 0 heterocycles. The molecule has 2 fully saturated rings. The monoisotopic (exact) mass is 296 g/mol. The van der Waals surface area contributed by atoms with Gasteiger partial charge in [0.1, 0.15) is 11.7 Å².